The molecule has 0 aliphatic carbocycles. The van der Waals surface area contributed by atoms with Gasteiger partial charge in [0.1, 0.15) is 12.1 Å². The highest BCUT2D eigenvalue weighted by molar-refractivity contribution is 5.93. The lowest BCUT2D eigenvalue weighted by Gasteiger charge is -2.13. The highest BCUT2D eigenvalue weighted by Gasteiger charge is 2.34. The van der Waals surface area contributed by atoms with Crippen LogP contribution in [0.25, 0.3) is 22.2 Å². The highest BCUT2D eigenvalue weighted by atomic mass is 35.5. The molecule has 0 saturated heterocycles. The SMILES string of the molecule is Cl.FC(F)(F)c1ccc(Nc2ncnc3cc(-c4ncccc4C(F)(F)F)ccc23)cc1. The van der Waals surface area contributed by atoms with Crippen molar-refractivity contribution >= 4 is 34.8 Å². The van der Waals surface area contributed by atoms with Crippen molar-refractivity contribution in [3.05, 3.63) is 78.2 Å². The maximum absolute atomic E-state index is 13.3. The van der Waals surface area contributed by atoms with Crippen molar-refractivity contribution in [1.29, 1.82) is 0 Å². The number of benzene rings is 2. The molecule has 4 aromatic rings. The van der Waals surface area contributed by atoms with Gasteiger partial charge in [-0.05, 0) is 48.5 Å². The van der Waals surface area contributed by atoms with E-state index in [0.29, 0.717) is 22.4 Å². The van der Waals surface area contributed by atoms with E-state index in [1.807, 2.05) is 0 Å². The average molecular weight is 471 g/mol. The zero-order valence-electron chi connectivity index (χ0n) is 15.9. The van der Waals surface area contributed by atoms with Gasteiger partial charge in [0.25, 0.3) is 0 Å². The summed E-state index contributed by atoms with van der Waals surface area (Å²) >= 11 is 0. The third kappa shape index (κ3) is 4.75. The van der Waals surface area contributed by atoms with E-state index in [4.69, 9.17) is 0 Å². The Hall–Kier alpha value is -3.40. The zero-order chi connectivity index (χ0) is 22.2. The third-order valence-electron chi connectivity index (χ3n) is 4.50. The molecule has 0 aliphatic rings. The molecule has 166 valence electrons. The van der Waals surface area contributed by atoms with Crippen LogP contribution in [0.3, 0.4) is 0 Å². The minimum atomic E-state index is -4.57. The van der Waals surface area contributed by atoms with Gasteiger partial charge < -0.3 is 5.32 Å². The summed E-state index contributed by atoms with van der Waals surface area (Å²) in [4.78, 5) is 12.1. The summed E-state index contributed by atoms with van der Waals surface area (Å²) in [7, 11) is 0. The van der Waals surface area contributed by atoms with E-state index in [1.165, 1.54) is 48.9 Å². The molecular formula is C21H13ClF6N4. The smallest absolute Gasteiger partial charge is 0.340 e. The fourth-order valence-electron chi connectivity index (χ4n) is 3.05. The summed E-state index contributed by atoms with van der Waals surface area (Å²) in [6, 6.07) is 11.0. The van der Waals surface area contributed by atoms with Gasteiger partial charge in [-0.1, -0.05) is 6.07 Å². The molecule has 2 heterocycles. The molecule has 0 unspecified atom stereocenters. The Morgan fingerprint density at radius 2 is 1.47 bits per heavy atom. The highest BCUT2D eigenvalue weighted by Crippen LogP contribution is 2.37. The van der Waals surface area contributed by atoms with E-state index in [2.05, 4.69) is 20.3 Å². The topological polar surface area (TPSA) is 50.7 Å². The second kappa shape index (κ2) is 8.62. The number of anilines is 2. The van der Waals surface area contributed by atoms with Crippen molar-refractivity contribution in [3.63, 3.8) is 0 Å². The number of halogens is 7. The number of fused-ring (bicyclic) bond motifs is 1. The van der Waals surface area contributed by atoms with Crippen molar-refractivity contribution in [2.24, 2.45) is 0 Å². The van der Waals surface area contributed by atoms with Gasteiger partial charge in [-0.15, -0.1) is 12.4 Å². The van der Waals surface area contributed by atoms with Crippen LogP contribution in [0.4, 0.5) is 37.8 Å². The largest absolute Gasteiger partial charge is 0.418 e. The number of nitrogens with one attached hydrogen (secondary N) is 1. The first-order valence-corrected chi connectivity index (χ1v) is 8.84. The van der Waals surface area contributed by atoms with Crippen LogP contribution in [0.1, 0.15) is 11.1 Å². The summed E-state index contributed by atoms with van der Waals surface area (Å²) in [5.74, 6) is 0.299. The number of hydrogen-bond donors (Lipinski definition) is 1. The van der Waals surface area contributed by atoms with Gasteiger partial charge in [0.05, 0.1) is 22.3 Å². The Kier molecular flexibility index (Phi) is 6.27. The van der Waals surface area contributed by atoms with E-state index >= 15 is 0 Å². The van der Waals surface area contributed by atoms with Crippen molar-refractivity contribution in [3.8, 4) is 11.3 Å². The number of aromatic nitrogens is 3. The second-order valence-corrected chi connectivity index (χ2v) is 6.55. The van der Waals surface area contributed by atoms with E-state index < -0.39 is 23.5 Å². The van der Waals surface area contributed by atoms with Gasteiger partial charge in [0.15, 0.2) is 0 Å². The number of rotatable bonds is 3. The number of pyridine rings is 1. The molecule has 4 nitrogen and oxygen atoms in total. The van der Waals surface area contributed by atoms with Gasteiger partial charge in [-0.2, -0.15) is 26.3 Å². The van der Waals surface area contributed by atoms with Gasteiger partial charge in [0.2, 0.25) is 0 Å². The molecule has 11 heteroatoms. The molecule has 0 bridgehead atoms. The lowest BCUT2D eigenvalue weighted by atomic mass is 10.0. The van der Waals surface area contributed by atoms with Crippen LogP contribution in [0.15, 0.2) is 67.1 Å². The molecule has 0 radical (unpaired) electrons. The number of nitrogens with zero attached hydrogens (tertiary/aromatic N) is 3. The van der Waals surface area contributed by atoms with Gasteiger partial charge in [-0.25, -0.2) is 9.97 Å². The van der Waals surface area contributed by atoms with E-state index in [0.717, 1.165) is 18.2 Å². The molecule has 0 atom stereocenters. The molecule has 0 fully saturated rings. The van der Waals surface area contributed by atoms with E-state index in [-0.39, 0.29) is 23.7 Å². The first-order valence-electron chi connectivity index (χ1n) is 8.84. The second-order valence-electron chi connectivity index (χ2n) is 6.55. The Balaban J connectivity index is 0.00000289. The average Bonchev–Trinajstić information content (AvgIpc) is 2.73. The quantitative estimate of drug-likeness (QED) is 0.331. The third-order valence-corrected chi connectivity index (χ3v) is 4.50. The van der Waals surface area contributed by atoms with E-state index in [9.17, 15) is 26.3 Å². The lowest BCUT2D eigenvalue weighted by molar-refractivity contribution is -0.138. The molecule has 2 aromatic carbocycles. The Morgan fingerprint density at radius 3 is 2.12 bits per heavy atom. The Labute approximate surface area is 183 Å². The minimum Gasteiger partial charge on any atom is -0.340 e. The standard InChI is InChI=1S/C21H12F6N4.ClH/c22-20(23,24)13-4-6-14(7-5-13)31-19-15-8-3-12(10-17(15)29-11-30-19)18-16(21(25,26)27)2-1-9-28-18;/h1-11H,(H,29,30,31);1H. The fourth-order valence-corrected chi connectivity index (χ4v) is 3.05. The first-order chi connectivity index (χ1) is 14.6. The summed E-state index contributed by atoms with van der Waals surface area (Å²) in [5, 5.41) is 3.39. The molecule has 0 spiro atoms. The molecule has 32 heavy (non-hydrogen) atoms. The predicted octanol–water partition coefficient (Wildman–Crippen LogP) is 6.89. The van der Waals surface area contributed by atoms with Gasteiger partial charge in [-0.3, -0.25) is 4.98 Å². The lowest BCUT2D eigenvalue weighted by Crippen LogP contribution is -2.08. The maximum Gasteiger partial charge on any atom is 0.418 e. The summed E-state index contributed by atoms with van der Waals surface area (Å²) < 4.78 is 78.1. The van der Waals surface area contributed by atoms with E-state index in [1.54, 1.807) is 0 Å². The van der Waals surface area contributed by atoms with Crippen molar-refractivity contribution in [1.82, 2.24) is 15.0 Å². The van der Waals surface area contributed by atoms with Crippen LogP contribution >= 0.6 is 12.4 Å². The molecular weight excluding hydrogens is 458 g/mol. The van der Waals surface area contributed by atoms with Crippen LogP contribution in [0.5, 0.6) is 0 Å². The fraction of sp³-hybridized carbons (Fsp3) is 0.0952. The predicted molar refractivity (Wildman–Crippen MR) is 110 cm³/mol. The van der Waals surface area contributed by atoms with Crippen LogP contribution in [-0.4, -0.2) is 15.0 Å². The zero-order valence-corrected chi connectivity index (χ0v) is 16.7. The summed E-state index contributed by atoms with van der Waals surface area (Å²) in [5.41, 5.74) is -0.952. The van der Waals surface area contributed by atoms with Crippen molar-refractivity contribution in [2.75, 3.05) is 5.32 Å². The Bertz CT molecular complexity index is 1240. The van der Waals surface area contributed by atoms with Crippen LogP contribution in [0, 0.1) is 0 Å². The number of hydrogen-bond acceptors (Lipinski definition) is 4. The molecule has 1 N–H and O–H groups in total. The monoisotopic (exact) mass is 470 g/mol. The number of alkyl halides is 6. The van der Waals surface area contributed by atoms with Crippen LogP contribution < -0.4 is 5.32 Å². The normalized spacial score (nSPS) is 11.8. The summed E-state index contributed by atoms with van der Waals surface area (Å²) in [6.45, 7) is 0. The van der Waals surface area contributed by atoms with Crippen LogP contribution in [0.2, 0.25) is 0 Å². The molecule has 0 aliphatic heterocycles. The maximum atomic E-state index is 13.3. The van der Waals surface area contributed by atoms with Crippen molar-refractivity contribution in [2.45, 2.75) is 12.4 Å². The first kappa shape index (κ1) is 23.3. The van der Waals surface area contributed by atoms with Gasteiger partial charge >= 0.3 is 12.4 Å². The van der Waals surface area contributed by atoms with Gasteiger partial charge in [0, 0.05) is 22.8 Å². The summed E-state index contributed by atoms with van der Waals surface area (Å²) in [6.07, 6.45) is -6.54. The molecule has 0 saturated carbocycles. The van der Waals surface area contributed by atoms with Crippen molar-refractivity contribution < 1.29 is 26.3 Å². The van der Waals surface area contributed by atoms with Crippen LogP contribution in [-0.2, 0) is 12.4 Å². The Morgan fingerprint density at radius 1 is 0.750 bits per heavy atom. The molecule has 0 amide bonds. The molecule has 2 aromatic heterocycles. The molecule has 4 rings (SSSR count). The minimum absolute atomic E-state index is 0.